The van der Waals surface area contributed by atoms with Crippen molar-refractivity contribution >= 4 is 24.0 Å². The summed E-state index contributed by atoms with van der Waals surface area (Å²) in [5.74, 6) is -0.00102. The number of hydrogen-bond acceptors (Lipinski definition) is 3. The number of carbonyl (C=O) groups is 1. The summed E-state index contributed by atoms with van der Waals surface area (Å²) in [7, 11) is 0. The molecule has 0 spiro atoms. The fourth-order valence-corrected chi connectivity index (χ4v) is 2.30. The third-order valence-corrected chi connectivity index (χ3v) is 3.35. The molecule has 1 aromatic carbocycles. The zero-order valence-electron chi connectivity index (χ0n) is 11.9. The Morgan fingerprint density at radius 3 is 2.90 bits per heavy atom. The van der Waals surface area contributed by atoms with E-state index in [1.54, 1.807) is 0 Å². The molecule has 2 N–H and O–H groups in total. The Morgan fingerprint density at radius 2 is 2.20 bits per heavy atom. The van der Waals surface area contributed by atoms with Gasteiger partial charge in [-0.05, 0) is 30.9 Å². The average molecular weight is 299 g/mol. The summed E-state index contributed by atoms with van der Waals surface area (Å²) in [6.45, 7) is 4.02. The number of rotatable bonds is 6. The van der Waals surface area contributed by atoms with Crippen LogP contribution in [0.5, 0.6) is 0 Å². The zero-order valence-corrected chi connectivity index (χ0v) is 12.7. The summed E-state index contributed by atoms with van der Waals surface area (Å²) in [4.78, 5) is 11.8. The molecule has 0 radical (unpaired) electrons. The SMILES string of the molecule is CCc1ccccc1NC(=O)CNCC1CCCO1.Cl. The van der Waals surface area contributed by atoms with Crippen molar-refractivity contribution in [1.29, 1.82) is 0 Å². The van der Waals surface area contributed by atoms with Crippen molar-refractivity contribution in [3.8, 4) is 0 Å². The maximum Gasteiger partial charge on any atom is 0.238 e. The third-order valence-electron chi connectivity index (χ3n) is 3.35. The van der Waals surface area contributed by atoms with E-state index in [-0.39, 0.29) is 24.4 Å². The first-order valence-electron chi connectivity index (χ1n) is 6.99. The highest BCUT2D eigenvalue weighted by atomic mass is 35.5. The molecule has 1 aliphatic rings. The molecule has 1 amide bonds. The van der Waals surface area contributed by atoms with Crippen molar-refractivity contribution in [3.05, 3.63) is 29.8 Å². The summed E-state index contributed by atoms with van der Waals surface area (Å²) in [6.07, 6.45) is 3.41. The van der Waals surface area contributed by atoms with Crippen molar-refractivity contribution in [3.63, 3.8) is 0 Å². The van der Waals surface area contributed by atoms with Gasteiger partial charge in [0.25, 0.3) is 0 Å². The van der Waals surface area contributed by atoms with Crippen LogP contribution in [-0.4, -0.2) is 31.7 Å². The molecule has 1 heterocycles. The minimum atomic E-state index is -0.00102. The van der Waals surface area contributed by atoms with Gasteiger partial charge in [-0.25, -0.2) is 0 Å². The molecule has 2 rings (SSSR count). The molecule has 0 saturated carbocycles. The van der Waals surface area contributed by atoms with Gasteiger partial charge in [0.15, 0.2) is 0 Å². The molecule has 1 aromatic rings. The Balaban J connectivity index is 0.00000200. The van der Waals surface area contributed by atoms with E-state index in [0.717, 1.165) is 43.7 Å². The molecule has 1 fully saturated rings. The molecule has 0 aliphatic carbocycles. The average Bonchev–Trinajstić information content (AvgIpc) is 2.92. The number of hydrogen-bond donors (Lipinski definition) is 2. The van der Waals surface area contributed by atoms with Crippen LogP contribution in [0.25, 0.3) is 0 Å². The van der Waals surface area contributed by atoms with Crippen LogP contribution in [0.15, 0.2) is 24.3 Å². The lowest BCUT2D eigenvalue weighted by Gasteiger charge is -2.12. The van der Waals surface area contributed by atoms with Crippen molar-refractivity contribution in [2.75, 3.05) is 25.0 Å². The van der Waals surface area contributed by atoms with Gasteiger partial charge >= 0.3 is 0 Å². The Bertz CT molecular complexity index is 420. The van der Waals surface area contributed by atoms with Gasteiger partial charge in [-0.2, -0.15) is 0 Å². The number of aryl methyl sites for hydroxylation is 1. The Hall–Kier alpha value is -1.10. The summed E-state index contributed by atoms with van der Waals surface area (Å²) in [5, 5.41) is 6.09. The lowest BCUT2D eigenvalue weighted by Crippen LogP contribution is -2.33. The molecule has 5 heteroatoms. The highest BCUT2D eigenvalue weighted by Gasteiger charge is 2.15. The van der Waals surface area contributed by atoms with Crippen molar-refractivity contribution in [2.24, 2.45) is 0 Å². The van der Waals surface area contributed by atoms with Crippen LogP contribution < -0.4 is 10.6 Å². The van der Waals surface area contributed by atoms with Crippen LogP contribution in [0.4, 0.5) is 5.69 Å². The monoisotopic (exact) mass is 298 g/mol. The quantitative estimate of drug-likeness (QED) is 0.848. The van der Waals surface area contributed by atoms with E-state index in [1.165, 1.54) is 0 Å². The smallest absolute Gasteiger partial charge is 0.238 e. The molecular weight excluding hydrogens is 276 g/mol. The zero-order chi connectivity index (χ0) is 13.5. The Morgan fingerprint density at radius 1 is 1.40 bits per heavy atom. The van der Waals surface area contributed by atoms with Gasteiger partial charge in [0.1, 0.15) is 0 Å². The van der Waals surface area contributed by atoms with Crippen LogP contribution in [-0.2, 0) is 16.0 Å². The highest BCUT2D eigenvalue weighted by Crippen LogP contribution is 2.15. The first-order valence-corrected chi connectivity index (χ1v) is 6.99. The number of nitrogens with one attached hydrogen (secondary N) is 2. The first kappa shape index (κ1) is 17.0. The van der Waals surface area contributed by atoms with Gasteiger partial charge in [0.2, 0.25) is 5.91 Å². The van der Waals surface area contributed by atoms with Crippen molar-refractivity contribution < 1.29 is 9.53 Å². The highest BCUT2D eigenvalue weighted by molar-refractivity contribution is 5.92. The van der Waals surface area contributed by atoms with E-state index in [9.17, 15) is 4.79 Å². The first-order chi connectivity index (χ1) is 9.29. The number of ether oxygens (including phenoxy) is 1. The Labute approximate surface area is 126 Å². The van der Waals surface area contributed by atoms with E-state index in [0.29, 0.717) is 6.54 Å². The normalized spacial score (nSPS) is 17.6. The van der Waals surface area contributed by atoms with Crippen LogP contribution >= 0.6 is 12.4 Å². The lowest BCUT2D eigenvalue weighted by atomic mass is 10.1. The minimum absolute atomic E-state index is 0. The molecule has 1 aliphatic heterocycles. The molecule has 1 unspecified atom stereocenters. The van der Waals surface area contributed by atoms with Crippen LogP contribution in [0, 0.1) is 0 Å². The predicted molar refractivity (Wildman–Crippen MR) is 83.5 cm³/mol. The molecule has 4 nitrogen and oxygen atoms in total. The molecular formula is C15H23ClN2O2. The number of anilines is 1. The van der Waals surface area contributed by atoms with Crippen molar-refractivity contribution in [2.45, 2.75) is 32.3 Å². The largest absolute Gasteiger partial charge is 0.377 e. The van der Waals surface area contributed by atoms with Crippen LogP contribution in [0.2, 0.25) is 0 Å². The van der Waals surface area contributed by atoms with E-state index < -0.39 is 0 Å². The summed E-state index contributed by atoms with van der Waals surface area (Å²) in [6, 6.07) is 7.91. The second-order valence-electron chi connectivity index (χ2n) is 4.82. The van der Waals surface area contributed by atoms with E-state index >= 15 is 0 Å². The summed E-state index contributed by atoms with van der Waals surface area (Å²) in [5.41, 5.74) is 2.07. The van der Waals surface area contributed by atoms with Crippen molar-refractivity contribution in [1.82, 2.24) is 5.32 Å². The fourth-order valence-electron chi connectivity index (χ4n) is 2.30. The minimum Gasteiger partial charge on any atom is -0.377 e. The summed E-state index contributed by atoms with van der Waals surface area (Å²) < 4.78 is 5.50. The van der Waals surface area contributed by atoms with E-state index in [4.69, 9.17) is 4.74 Å². The fraction of sp³-hybridized carbons (Fsp3) is 0.533. The number of para-hydroxylation sites is 1. The maximum atomic E-state index is 11.8. The number of benzene rings is 1. The van der Waals surface area contributed by atoms with E-state index in [1.807, 2.05) is 24.3 Å². The van der Waals surface area contributed by atoms with Gasteiger partial charge < -0.3 is 15.4 Å². The Kier molecular flexibility index (Phi) is 7.59. The lowest BCUT2D eigenvalue weighted by molar-refractivity contribution is -0.115. The summed E-state index contributed by atoms with van der Waals surface area (Å²) >= 11 is 0. The second kappa shape index (κ2) is 8.95. The number of carbonyl (C=O) groups excluding carboxylic acids is 1. The number of amides is 1. The van der Waals surface area contributed by atoms with Gasteiger partial charge in [-0.3, -0.25) is 4.79 Å². The molecule has 0 bridgehead atoms. The van der Waals surface area contributed by atoms with Gasteiger partial charge in [0, 0.05) is 18.8 Å². The van der Waals surface area contributed by atoms with Crippen LogP contribution in [0.3, 0.4) is 0 Å². The topological polar surface area (TPSA) is 50.4 Å². The van der Waals surface area contributed by atoms with Crippen LogP contribution in [0.1, 0.15) is 25.3 Å². The third kappa shape index (κ3) is 5.12. The predicted octanol–water partition coefficient (Wildman–Crippen LogP) is 2.38. The molecule has 0 aromatic heterocycles. The molecule has 112 valence electrons. The molecule has 1 atom stereocenters. The second-order valence-corrected chi connectivity index (χ2v) is 4.82. The molecule has 1 saturated heterocycles. The number of halogens is 1. The van der Waals surface area contributed by atoms with E-state index in [2.05, 4.69) is 17.6 Å². The standard InChI is InChI=1S/C15H22N2O2.ClH/c1-2-12-6-3-4-8-14(12)17-15(18)11-16-10-13-7-5-9-19-13;/h3-4,6,8,13,16H,2,5,7,9-11H2,1H3,(H,17,18);1H. The van der Waals surface area contributed by atoms with Gasteiger partial charge in [0.05, 0.1) is 12.6 Å². The van der Waals surface area contributed by atoms with Gasteiger partial charge in [-0.1, -0.05) is 25.1 Å². The molecule has 20 heavy (non-hydrogen) atoms. The maximum absolute atomic E-state index is 11.8. The van der Waals surface area contributed by atoms with Gasteiger partial charge in [-0.15, -0.1) is 12.4 Å².